The van der Waals surface area contributed by atoms with Gasteiger partial charge in [-0.05, 0) is 29.8 Å². The van der Waals surface area contributed by atoms with Crippen LogP contribution in [0.2, 0.25) is 0 Å². The maximum atomic E-state index is 13.2. The smallest absolute Gasteiger partial charge is 0.337 e. The zero-order valence-electron chi connectivity index (χ0n) is 12.7. The predicted molar refractivity (Wildman–Crippen MR) is 89.0 cm³/mol. The summed E-state index contributed by atoms with van der Waals surface area (Å²) in [6, 6.07) is 10.4. The Labute approximate surface area is 142 Å². The summed E-state index contributed by atoms with van der Waals surface area (Å²) in [5, 5.41) is 9.04. The molecule has 2 aromatic rings. The van der Waals surface area contributed by atoms with Crippen molar-refractivity contribution < 1.29 is 23.8 Å². The van der Waals surface area contributed by atoms with Crippen LogP contribution < -0.4 is 9.64 Å². The van der Waals surface area contributed by atoms with Crippen LogP contribution in [0.15, 0.2) is 42.5 Å². The van der Waals surface area contributed by atoms with Gasteiger partial charge in [0, 0.05) is 0 Å². The minimum atomic E-state index is -1.15. The molecule has 0 spiro atoms. The second-order valence-electron chi connectivity index (χ2n) is 5.14. The van der Waals surface area contributed by atoms with Crippen LogP contribution in [0.1, 0.15) is 21.3 Å². The van der Waals surface area contributed by atoms with Crippen LogP contribution in [0, 0.1) is 5.82 Å². The van der Waals surface area contributed by atoms with Gasteiger partial charge in [-0.3, -0.25) is 9.69 Å². The van der Waals surface area contributed by atoms with E-state index in [1.165, 1.54) is 42.0 Å². The summed E-state index contributed by atoms with van der Waals surface area (Å²) < 4.78 is 18.4. The number of halogens is 1. The Bertz CT molecular complexity index is 794. The molecule has 0 aromatic heterocycles. The number of carboxylic acid groups (broad SMARTS) is 1. The fourth-order valence-electron chi connectivity index (χ4n) is 2.65. The highest BCUT2D eigenvalue weighted by Crippen LogP contribution is 2.46. The van der Waals surface area contributed by atoms with E-state index in [-0.39, 0.29) is 28.7 Å². The number of para-hydroxylation sites is 1. The molecule has 1 unspecified atom stereocenters. The van der Waals surface area contributed by atoms with Gasteiger partial charge in [-0.1, -0.05) is 18.2 Å². The van der Waals surface area contributed by atoms with E-state index in [9.17, 15) is 19.1 Å². The molecule has 1 atom stereocenters. The summed E-state index contributed by atoms with van der Waals surface area (Å²) >= 11 is 1.36. The number of carbonyl (C=O) groups is 2. The summed E-state index contributed by atoms with van der Waals surface area (Å²) in [5.41, 5.74) is 0.920. The molecular weight excluding hydrogens is 333 g/mol. The molecule has 1 aliphatic heterocycles. The van der Waals surface area contributed by atoms with Crippen LogP contribution in [0.4, 0.5) is 10.1 Å². The number of benzene rings is 2. The summed E-state index contributed by atoms with van der Waals surface area (Å²) in [4.78, 5) is 25.5. The lowest BCUT2D eigenvalue weighted by molar-refractivity contribution is -0.115. The van der Waals surface area contributed by atoms with Crippen LogP contribution in [0.25, 0.3) is 0 Å². The van der Waals surface area contributed by atoms with E-state index in [0.717, 1.165) is 5.56 Å². The van der Waals surface area contributed by atoms with E-state index in [0.29, 0.717) is 5.75 Å². The molecular formula is C17H14FNO4S. The van der Waals surface area contributed by atoms with Crippen LogP contribution in [0.3, 0.4) is 0 Å². The van der Waals surface area contributed by atoms with Gasteiger partial charge in [0.1, 0.15) is 22.6 Å². The molecule has 2 aromatic carbocycles. The molecule has 124 valence electrons. The molecule has 1 saturated heterocycles. The standard InChI is InChI=1S/C17H14FNO4S/c1-23-13-4-2-3-12(17(21)22)15(13)19-14(20)9-24-16(19)10-5-7-11(18)8-6-10/h2-8,16H,9H2,1H3,(H,21,22). The van der Waals surface area contributed by atoms with Crippen molar-refractivity contribution >= 4 is 29.3 Å². The van der Waals surface area contributed by atoms with E-state index in [4.69, 9.17) is 4.74 Å². The van der Waals surface area contributed by atoms with Gasteiger partial charge in [0.15, 0.2) is 0 Å². The third kappa shape index (κ3) is 2.82. The Morgan fingerprint density at radius 1 is 1.29 bits per heavy atom. The topological polar surface area (TPSA) is 66.8 Å². The minimum Gasteiger partial charge on any atom is -0.495 e. The Morgan fingerprint density at radius 2 is 2.00 bits per heavy atom. The Morgan fingerprint density at radius 3 is 2.62 bits per heavy atom. The second kappa shape index (κ2) is 6.52. The van der Waals surface area contributed by atoms with Crippen molar-refractivity contribution in [1.29, 1.82) is 0 Å². The molecule has 1 amide bonds. The highest BCUT2D eigenvalue weighted by Gasteiger charge is 2.37. The van der Waals surface area contributed by atoms with Crippen molar-refractivity contribution in [2.75, 3.05) is 17.8 Å². The number of amides is 1. The van der Waals surface area contributed by atoms with Gasteiger partial charge in [0.25, 0.3) is 0 Å². The second-order valence-corrected chi connectivity index (χ2v) is 6.21. The molecule has 24 heavy (non-hydrogen) atoms. The molecule has 0 saturated carbocycles. The number of nitrogens with zero attached hydrogens (tertiary/aromatic N) is 1. The number of methoxy groups -OCH3 is 1. The zero-order chi connectivity index (χ0) is 17.3. The molecule has 7 heteroatoms. The monoisotopic (exact) mass is 347 g/mol. The van der Waals surface area contributed by atoms with Gasteiger partial charge in [0.05, 0.1) is 18.4 Å². The number of carbonyl (C=O) groups excluding carboxylic acids is 1. The minimum absolute atomic E-state index is 0.0164. The van der Waals surface area contributed by atoms with Crippen LogP contribution >= 0.6 is 11.8 Å². The quantitative estimate of drug-likeness (QED) is 0.919. The van der Waals surface area contributed by atoms with Crippen molar-refractivity contribution in [2.45, 2.75) is 5.37 Å². The number of hydrogen-bond acceptors (Lipinski definition) is 4. The van der Waals surface area contributed by atoms with Gasteiger partial charge in [-0.2, -0.15) is 0 Å². The summed E-state index contributed by atoms with van der Waals surface area (Å²) in [5.74, 6) is -1.23. The summed E-state index contributed by atoms with van der Waals surface area (Å²) in [6.07, 6.45) is 0. The number of rotatable bonds is 4. The number of hydrogen-bond donors (Lipinski definition) is 1. The molecule has 3 rings (SSSR count). The van der Waals surface area contributed by atoms with Crippen LogP contribution in [-0.2, 0) is 4.79 Å². The number of ether oxygens (including phenoxy) is 1. The largest absolute Gasteiger partial charge is 0.495 e. The molecule has 5 nitrogen and oxygen atoms in total. The first-order valence-corrected chi connectivity index (χ1v) is 8.17. The van der Waals surface area contributed by atoms with E-state index in [2.05, 4.69) is 0 Å². The van der Waals surface area contributed by atoms with E-state index < -0.39 is 11.3 Å². The number of carboxylic acids is 1. The lowest BCUT2D eigenvalue weighted by atomic mass is 10.1. The average Bonchev–Trinajstić information content (AvgIpc) is 2.96. The van der Waals surface area contributed by atoms with Crippen molar-refractivity contribution in [2.24, 2.45) is 0 Å². The maximum Gasteiger partial charge on any atom is 0.337 e. The molecule has 1 heterocycles. The van der Waals surface area contributed by atoms with Crippen molar-refractivity contribution in [3.8, 4) is 5.75 Å². The van der Waals surface area contributed by atoms with Gasteiger partial charge >= 0.3 is 5.97 Å². The van der Waals surface area contributed by atoms with Crippen molar-refractivity contribution in [3.05, 3.63) is 59.4 Å². The van der Waals surface area contributed by atoms with Gasteiger partial charge < -0.3 is 9.84 Å². The number of anilines is 1. The van der Waals surface area contributed by atoms with E-state index >= 15 is 0 Å². The lowest BCUT2D eigenvalue weighted by Crippen LogP contribution is -2.30. The average molecular weight is 347 g/mol. The third-order valence-corrected chi connectivity index (χ3v) is 4.93. The third-order valence-electron chi connectivity index (χ3n) is 3.71. The first-order valence-electron chi connectivity index (χ1n) is 7.12. The summed E-state index contributed by atoms with van der Waals surface area (Å²) in [6.45, 7) is 0. The number of thioether (sulfide) groups is 1. The highest BCUT2D eigenvalue weighted by atomic mass is 32.2. The Balaban J connectivity index is 2.13. The first kappa shape index (κ1) is 16.3. The molecule has 0 aliphatic carbocycles. The van der Waals surface area contributed by atoms with Crippen molar-refractivity contribution in [1.82, 2.24) is 0 Å². The SMILES string of the molecule is COc1cccc(C(=O)O)c1N1C(=O)CSC1c1ccc(F)cc1. The fraction of sp³-hybridized carbons (Fsp3) is 0.176. The van der Waals surface area contributed by atoms with Crippen LogP contribution in [-0.4, -0.2) is 29.8 Å². The Kier molecular flexibility index (Phi) is 4.44. The Hall–Kier alpha value is -2.54. The maximum absolute atomic E-state index is 13.2. The first-order chi connectivity index (χ1) is 11.5. The predicted octanol–water partition coefficient (Wildman–Crippen LogP) is 3.31. The number of aromatic carboxylic acids is 1. The fourth-order valence-corrected chi connectivity index (χ4v) is 3.81. The van der Waals surface area contributed by atoms with Gasteiger partial charge in [-0.15, -0.1) is 11.8 Å². The molecule has 1 N–H and O–H groups in total. The summed E-state index contributed by atoms with van der Waals surface area (Å²) in [7, 11) is 1.42. The van der Waals surface area contributed by atoms with Crippen LogP contribution in [0.5, 0.6) is 5.75 Å². The van der Waals surface area contributed by atoms with Gasteiger partial charge in [0.2, 0.25) is 5.91 Å². The highest BCUT2D eigenvalue weighted by molar-refractivity contribution is 8.00. The molecule has 0 bridgehead atoms. The van der Waals surface area contributed by atoms with Gasteiger partial charge in [-0.25, -0.2) is 9.18 Å². The normalized spacial score (nSPS) is 17.2. The van der Waals surface area contributed by atoms with E-state index in [1.807, 2.05) is 0 Å². The zero-order valence-corrected chi connectivity index (χ0v) is 13.5. The molecule has 0 radical (unpaired) electrons. The van der Waals surface area contributed by atoms with Crippen molar-refractivity contribution in [3.63, 3.8) is 0 Å². The molecule has 1 aliphatic rings. The van der Waals surface area contributed by atoms with E-state index in [1.54, 1.807) is 24.3 Å². The molecule has 1 fully saturated rings. The lowest BCUT2D eigenvalue weighted by Gasteiger charge is -2.27.